The highest BCUT2D eigenvalue weighted by atomic mass is 35.5. The molecule has 0 aliphatic rings. The van der Waals surface area contributed by atoms with Crippen LogP contribution in [0.2, 0.25) is 5.02 Å². The molecule has 3 aromatic rings. The van der Waals surface area contributed by atoms with Gasteiger partial charge in [0.2, 0.25) is 0 Å². The lowest BCUT2D eigenvalue weighted by Crippen LogP contribution is -2.10. The second kappa shape index (κ2) is 6.66. The van der Waals surface area contributed by atoms with Crippen LogP contribution in [0, 0.1) is 0 Å². The van der Waals surface area contributed by atoms with Gasteiger partial charge in [-0.15, -0.1) is 0 Å². The summed E-state index contributed by atoms with van der Waals surface area (Å²) in [7, 11) is 0. The summed E-state index contributed by atoms with van der Waals surface area (Å²) in [5.41, 5.74) is 1.02. The molecule has 0 aliphatic carbocycles. The van der Waals surface area contributed by atoms with Crippen molar-refractivity contribution in [2.45, 2.75) is 58.3 Å². The van der Waals surface area contributed by atoms with E-state index in [1.54, 1.807) is 0 Å². The van der Waals surface area contributed by atoms with Gasteiger partial charge in [-0.3, -0.25) is 0 Å². The largest absolute Gasteiger partial charge is 0.464 e. The molecule has 0 N–H and O–H groups in total. The minimum absolute atomic E-state index is 0.0392. The molecule has 2 heterocycles. The Kier molecular flexibility index (Phi) is 4.83. The fraction of sp³-hybridized carbons (Fsp3) is 0.391. The van der Waals surface area contributed by atoms with E-state index in [1.165, 1.54) is 0 Å². The van der Waals surface area contributed by atoms with Crippen LogP contribution in [-0.2, 0) is 10.8 Å². The lowest BCUT2D eigenvalue weighted by Gasteiger charge is -2.18. The predicted octanol–water partition coefficient (Wildman–Crippen LogP) is 7.30. The Balaban J connectivity index is 2.09. The van der Waals surface area contributed by atoms with Gasteiger partial charge in [0.1, 0.15) is 29.0 Å². The summed E-state index contributed by atoms with van der Waals surface area (Å²) in [5, 5.41) is 0.720. The van der Waals surface area contributed by atoms with Gasteiger partial charge >= 0.3 is 0 Å². The minimum atomic E-state index is -0.0977. The van der Waals surface area contributed by atoms with Crippen LogP contribution in [0.5, 0.6) is 0 Å². The number of halogens is 1. The standard InChI is InChI=1S/C23H27ClO2/c1-22(2,3)19-13-11-17(25-19)21(15-7-9-16(24)10-8-15)18-12-14-20(26-18)23(4,5)6/h7-14,21H,1-6H3. The zero-order valence-electron chi connectivity index (χ0n) is 16.4. The Morgan fingerprint density at radius 1 is 0.654 bits per heavy atom. The molecule has 138 valence electrons. The molecule has 3 heteroatoms. The summed E-state index contributed by atoms with van der Waals surface area (Å²) < 4.78 is 12.5. The number of rotatable bonds is 3. The quantitative estimate of drug-likeness (QED) is 0.483. The Labute approximate surface area is 161 Å². The molecular formula is C23H27ClO2. The molecular weight excluding hydrogens is 344 g/mol. The fourth-order valence-corrected chi connectivity index (χ4v) is 3.07. The summed E-state index contributed by atoms with van der Waals surface area (Å²) in [6.45, 7) is 12.9. The molecule has 0 saturated carbocycles. The van der Waals surface area contributed by atoms with Crippen molar-refractivity contribution >= 4 is 11.6 Å². The summed E-state index contributed by atoms with van der Waals surface area (Å²) in [5.74, 6) is 3.60. The van der Waals surface area contributed by atoms with E-state index >= 15 is 0 Å². The molecule has 0 aliphatic heterocycles. The lowest BCUT2D eigenvalue weighted by atomic mass is 9.93. The molecule has 0 spiro atoms. The highest BCUT2D eigenvalue weighted by Crippen LogP contribution is 2.38. The summed E-state index contributed by atoms with van der Waals surface area (Å²) in [6.07, 6.45) is 0. The average molecular weight is 371 g/mol. The zero-order chi connectivity index (χ0) is 19.1. The van der Waals surface area contributed by atoms with Gasteiger partial charge in [0.05, 0.1) is 0 Å². The third-order valence-electron chi connectivity index (χ3n) is 4.50. The molecule has 26 heavy (non-hydrogen) atoms. The normalized spacial score (nSPS) is 12.8. The highest BCUT2D eigenvalue weighted by molar-refractivity contribution is 6.30. The van der Waals surface area contributed by atoms with Crippen molar-refractivity contribution < 1.29 is 8.83 Å². The van der Waals surface area contributed by atoms with Crippen molar-refractivity contribution in [2.24, 2.45) is 0 Å². The van der Waals surface area contributed by atoms with Crippen LogP contribution < -0.4 is 0 Å². The Morgan fingerprint density at radius 3 is 1.42 bits per heavy atom. The predicted molar refractivity (Wildman–Crippen MR) is 107 cm³/mol. The molecule has 0 atom stereocenters. The highest BCUT2D eigenvalue weighted by Gasteiger charge is 2.28. The topological polar surface area (TPSA) is 26.3 Å². The molecule has 0 radical (unpaired) electrons. The van der Waals surface area contributed by atoms with Gasteiger partial charge in [-0.05, 0) is 42.0 Å². The van der Waals surface area contributed by atoms with Crippen molar-refractivity contribution in [2.75, 3.05) is 0 Å². The summed E-state index contributed by atoms with van der Waals surface area (Å²) >= 11 is 6.09. The summed E-state index contributed by atoms with van der Waals surface area (Å²) in [6, 6.07) is 16.1. The Morgan fingerprint density at radius 2 is 1.08 bits per heavy atom. The smallest absolute Gasteiger partial charge is 0.119 e. The number of hydrogen-bond donors (Lipinski definition) is 0. The van der Waals surface area contributed by atoms with Crippen LogP contribution in [-0.4, -0.2) is 0 Å². The van der Waals surface area contributed by atoms with Crippen molar-refractivity contribution in [3.8, 4) is 0 Å². The molecule has 0 fully saturated rings. The van der Waals surface area contributed by atoms with Gasteiger partial charge in [0, 0.05) is 15.9 Å². The van der Waals surface area contributed by atoms with Crippen LogP contribution in [0.3, 0.4) is 0 Å². The second-order valence-electron chi connectivity index (χ2n) is 8.89. The second-order valence-corrected chi connectivity index (χ2v) is 9.33. The van der Waals surface area contributed by atoms with E-state index in [2.05, 4.69) is 65.8 Å². The Bertz CT molecular complexity index is 818. The van der Waals surface area contributed by atoms with Crippen molar-refractivity contribution in [3.05, 3.63) is 82.2 Å². The molecule has 0 saturated heterocycles. The molecule has 0 unspecified atom stereocenters. The maximum atomic E-state index is 6.25. The molecule has 3 rings (SSSR count). The molecule has 0 amide bonds. The zero-order valence-corrected chi connectivity index (χ0v) is 17.1. The average Bonchev–Trinajstić information content (AvgIpc) is 3.18. The van der Waals surface area contributed by atoms with Crippen LogP contribution in [0.25, 0.3) is 0 Å². The van der Waals surface area contributed by atoms with Gasteiger partial charge in [0.15, 0.2) is 0 Å². The first-order valence-corrected chi connectivity index (χ1v) is 9.39. The van der Waals surface area contributed by atoms with Crippen molar-refractivity contribution in [1.29, 1.82) is 0 Å². The van der Waals surface area contributed by atoms with E-state index in [1.807, 2.05) is 24.3 Å². The van der Waals surface area contributed by atoms with Crippen LogP contribution in [0.4, 0.5) is 0 Å². The van der Waals surface area contributed by atoms with E-state index < -0.39 is 0 Å². The minimum Gasteiger partial charge on any atom is -0.464 e. The molecule has 0 bridgehead atoms. The van der Waals surface area contributed by atoms with Gasteiger partial charge in [-0.25, -0.2) is 0 Å². The lowest BCUT2D eigenvalue weighted by molar-refractivity contribution is 0.354. The van der Waals surface area contributed by atoms with Crippen LogP contribution >= 0.6 is 11.6 Å². The Hall–Kier alpha value is -1.93. The van der Waals surface area contributed by atoms with Crippen LogP contribution in [0.1, 0.15) is 76.1 Å². The van der Waals surface area contributed by atoms with E-state index in [-0.39, 0.29) is 16.7 Å². The first kappa shape index (κ1) is 18.8. The molecule has 1 aromatic carbocycles. The van der Waals surface area contributed by atoms with E-state index in [0.29, 0.717) is 0 Å². The third-order valence-corrected chi connectivity index (χ3v) is 4.76. The third kappa shape index (κ3) is 3.91. The first-order valence-electron chi connectivity index (χ1n) is 9.01. The summed E-state index contributed by atoms with van der Waals surface area (Å²) in [4.78, 5) is 0. The van der Waals surface area contributed by atoms with E-state index in [4.69, 9.17) is 20.4 Å². The van der Waals surface area contributed by atoms with Gasteiger partial charge in [-0.2, -0.15) is 0 Å². The molecule has 2 aromatic heterocycles. The molecule has 2 nitrogen and oxygen atoms in total. The maximum Gasteiger partial charge on any atom is 0.119 e. The monoisotopic (exact) mass is 370 g/mol. The first-order chi connectivity index (χ1) is 12.1. The van der Waals surface area contributed by atoms with Gasteiger partial charge in [0.25, 0.3) is 0 Å². The van der Waals surface area contributed by atoms with Gasteiger partial charge in [-0.1, -0.05) is 65.3 Å². The van der Waals surface area contributed by atoms with E-state index in [9.17, 15) is 0 Å². The van der Waals surface area contributed by atoms with Crippen molar-refractivity contribution in [3.63, 3.8) is 0 Å². The number of furan rings is 2. The SMILES string of the molecule is CC(C)(C)c1ccc(C(c2ccc(Cl)cc2)c2ccc(C(C)(C)C)o2)o1. The van der Waals surface area contributed by atoms with Crippen LogP contribution in [0.15, 0.2) is 57.4 Å². The fourth-order valence-electron chi connectivity index (χ4n) is 2.95. The van der Waals surface area contributed by atoms with Crippen molar-refractivity contribution in [1.82, 2.24) is 0 Å². The number of benzene rings is 1. The maximum absolute atomic E-state index is 6.25. The van der Waals surface area contributed by atoms with E-state index in [0.717, 1.165) is 33.6 Å². The van der Waals surface area contributed by atoms with Gasteiger partial charge < -0.3 is 8.83 Å². The number of hydrogen-bond acceptors (Lipinski definition) is 2.